The molecule has 0 bridgehead atoms. The lowest BCUT2D eigenvalue weighted by molar-refractivity contribution is -0.137. The Morgan fingerprint density at radius 3 is 2.34 bits per heavy atom. The van der Waals surface area contributed by atoms with Crippen LogP contribution in [0, 0.1) is 17.7 Å². The van der Waals surface area contributed by atoms with Crippen molar-refractivity contribution in [3.63, 3.8) is 0 Å². The predicted molar refractivity (Wildman–Crippen MR) is 126 cm³/mol. The highest BCUT2D eigenvalue weighted by Gasteiger charge is 2.36. The molecule has 1 aromatic heterocycles. The first-order valence-corrected chi connectivity index (χ1v) is 11.0. The summed E-state index contributed by atoms with van der Waals surface area (Å²) in [6.45, 7) is 3.72. The fourth-order valence-electron chi connectivity index (χ4n) is 3.94. The van der Waals surface area contributed by atoms with E-state index in [0.29, 0.717) is 39.7 Å². The second-order valence-corrected chi connectivity index (χ2v) is 8.96. The fourth-order valence-corrected chi connectivity index (χ4v) is 4.19. The van der Waals surface area contributed by atoms with E-state index in [1.807, 2.05) is 13.8 Å². The molecule has 1 aliphatic rings. The maximum Gasteiger partial charge on any atom is 0.416 e. The third-order valence-electron chi connectivity index (χ3n) is 5.67. The average molecular weight is 497 g/mol. The van der Waals surface area contributed by atoms with Crippen LogP contribution in [0.4, 0.5) is 17.6 Å². The van der Waals surface area contributed by atoms with Gasteiger partial charge in [0.1, 0.15) is 23.0 Å². The molecular formula is C27H17ClF4N2O. The summed E-state index contributed by atoms with van der Waals surface area (Å²) in [5.74, 6) is 6.18. The van der Waals surface area contributed by atoms with Crippen molar-refractivity contribution >= 4 is 11.6 Å². The minimum absolute atomic E-state index is 0.181. The lowest BCUT2D eigenvalue weighted by Crippen LogP contribution is -2.29. The second kappa shape index (κ2) is 8.17. The van der Waals surface area contributed by atoms with Crippen molar-refractivity contribution in [2.24, 2.45) is 0 Å². The molecule has 1 N–H and O–H groups in total. The summed E-state index contributed by atoms with van der Waals surface area (Å²) in [5, 5.41) is 0.240. The van der Waals surface area contributed by atoms with Gasteiger partial charge in [-0.2, -0.15) is 13.2 Å². The molecule has 176 valence electrons. The van der Waals surface area contributed by atoms with Crippen molar-refractivity contribution in [1.29, 1.82) is 0 Å². The van der Waals surface area contributed by atoms with E-state index in [4.69, 9.17) is 16.3 Å². The Morgan fingerprint density at radius 1 is 0.971 bits per heavy atom. The Morgan fingerprint density at radius 2 is 1.66 bits per heavy atom. The van der Waals surface area contributed by atoms with Gasteiger partial charge in [-0.15, -0.1) is 0 Å². The number of nitrogens with zero attached hydrogens (tertiary/aromatic N) is 1. The second-order valence-electron chi connectivity index (χ2n) is 8.55. The van der Waals surface area contributed by atoms with Gasteiger partial charge in [0.2, 0.25) is 0 Å². The number of alkyl halides is 3. The summed E-state index contributed by atoms with van der Waals surface area (Å²) in [5.41, 5.74) is 1.74. The molecule has 4 aromatic rings. The van der Waals surface area contributed by atoms with E-state index < -0.39 is 23.2 Å². The standard InChI is InChI=1S/C27H17ClF4N2O/c1-26(2)24-23(33-25(34-24)22-19(28)4-3-5-20(22)29)18-13-10-16(14-21(18)35-26)7-6-15-8-11-17(12-9-15)27(30,31)32/h3-5,8-14H,1-2H3,(H,33,34). The summed E-state index contributed by atoms with van der Waals surface area (Å²) in [6.07, 6.45) is -4.39. The Kier molecular flexibility index (Phi) is 5.37. The van der Waals surface area contributed by atoms with Crippen LogP contribution in [0.1, 0.15) is 36.2 Å². The van der Waals surface area contributed by atoms with Gasteiger partial charge < -0.3 is 9.72 Å². The maximum atomic E-state index is 14.5. The fraction of sp³-hybridized carbons (Fsp3) is 0.148. The number of hydrogen-bond acceptors (Lipinski definition) is 2. The van der Waals surface area contributed by atoms with Crippen LogP contribution in [0.25, 0.3) is 22.6 Å². The van der Waals surface area contributed by atoms with Crippen LogP contribution in [0.2, 0.25) is 5.02 Å². The number of benzene rings is 3. The molecular weight excluding hydrogens is 480 g/mol. The monoisotopic (exact) mass is 496 g/mol. The molecule has 0 fully saturated rings. The van der Waals surface area contributed by atoms with Gasteiger partial charge in [0.25, 0.3) is 0 Å². The minimum Gasteiger partial charge on any atom is -0.481 e. The molecule has 0 atom stereocenters. The third kappa shape index (κ3) is 4.26. The Balaban J connectivity index is 1.51. The maximum absolute atomic E-state index is 14.5. The zero-order valence-corrected chi connectivity index (χ0v) is 19.3. The first-order valence-electron chi connectivity index (χ1n) is 10.6. The topological polar surface area (TPSA) is 37.9 Å². The molecule has 2 heterocycles. The zero-order chi connectivity index (χ0) is 25.0. The van der Waals surface area contributed by atoms with Gasteiger partial charge in [0.15, 0.2) is 0 Å². The number of rotatable bonds is 1. The number of imidazole rings is 1. The number of halogens is 5. The van der Waals surface area contributed by atoms with Crippen molar-refractivity contribution in [1.82, 2.24) is 9.97 Å². The summed E-state index contributed by atoms with van der Waals surface area (Å²) >= 11 is 6.23. The van der Waals surface area contributed by atoms with Crippen LogP contribution in [-0.2, 0) is 11.8 Å². The number of hydrogen-bond donors (Lipinski definition) is 1. The Hall–Kier alpha value is -3.76. The summed E-state index contributed by atoms with van der Waals surface area (Å²) in [4.78, 5) is 7.81. The van der Waals surface area contributed by atoms with Crippen molar-refractivity contribution < 1.29 is 22.3 Å². The van der Waals surface area contributed by atoms with E-state index in [2.05, 4.69) is 21.8 Å². The van der Waals surface area contributed by atoms with Crippen LogP contribution in [0.15, 0.2) is 60.7 Å². The minimum atomic E-state index is -4.39. The van der Waals surface area contributed by atoms with Crippen LogP contribution < -0.4 is 4.74 Å². The van der Waals surface area contributed by atoms with E-state index in [1.165, 1.54) is 24.3 Å². The number of aromatic nitrogens is 2. The summed E-state index contributed by atoms with van der Waals surface area (Å²) in [6, 6.07) is 14.4. The molecule has 0 saturated heterocycles. The van der Waals surface area contributed by atoms with E-state index in [1.54, 1.807) is 24.3 Å². The lowest BCUT2D eigenvalue weighted by Gasteiger charge is -2.31. The molecule has 8 heteroatoms. The largest absolute Gasteiger partial charge is 0.481 e. The van der Waals surface area contributed by atoms with Crippen molar-refractivity contribution in [3.05, 3.63) is 93.9 Å². The number of nitrogens with one attached hydrogen (secondary N) is 1. The highest BCUT2D eigenvalue weighted by molar-refractivity contribution is 6.33. The first-order chi connectivity index (χ1) is 16.5. The summed E-state index contributed by atoms with van der Waals surface area (Å²) in [7, 11) is 0. The normalized spacial score (nSPS) is 13.8. The molecule has 3 aromatic carbocycles. The third-order valence-corrected chi connectivity index (χ3v) is 5.99. The van der Waals surface area contributed by atoms with Crippen LogP contribution in [-0.4, -0.2) is 9.97 Å². The average Bonchev–Trinajstić information content (AvgIpc) is 3.23. The van der Waals surface area contributed by atoms with Gasteiger partial charge in [-0.3, -0.25) is 0 Å². The quantitative estimate of drug-likeness (QED) is 0.218. The van der Waals surface area contributed by atoms with Gasteiger partial charge in [0.05, 0.1) is 27.5 Å². The molecule has 5 rings (SSSR count). The molecule has 35 heavy (non-hydrogen) atoms. The van der Waals surface area contributed by atoms with Gasteiger partial charge in [-0.05, 0) is 68.4 Å². The Bertz CT molecular complexity index is 1490. The highest BCUT2D eigenvalue weighted by atomic mass is 35.5. The van der Waals surface area contributed by atoms with Gasteiger partial charge >= 0.3 is 6.18 Å². The van der Waals surface area contributed by atoms with Crippen LogP contribution >= 0.6 is 11.6 Å². The zero-order valence-electron chi connectivity index (χ0n) is 18.5. The van der Waals surface area contributed by atoms with E-state index in [0.717, 1.165) is 12.1 Å². The van der Waals surface area contributed by atoms with Gasteiger partial charge in [-0.25, -0.2) is 9.37 Å². The van der Waals surface area contributed by atoms with E-state index >= 15 is 0 Å². The SMILES string of the molecule is CC1(C)Oc2cc(C#Cc3ccc(C(F)(F)F)cc3)ccc2-c2nc(-c3c(F)cccc3Cl)[nH]c21. The number of H-pyrrole nitrogens is 1. The molecule has 0 spiro atoms. The molecule has 1 aliphatic heterocycles. The van der Waals surface area contributed by atoms with Crippen molar-refractivity contribution in [3.8, 4) is 40.2 Å². The lowest BCUT2D eigenvalue weighted by atomic mass is 9.94. The Labute approximate surface area is 203 Å². The van der Waals surface area contributed by atoms with Crippen LogP contribution in [0.5, 0.6) is 5.75 Å². The molecule has 0 amide bonds. The molecule has 0 saturated carbocycles. The van der Waals surface area contributed by atoms with Crippen LogP contribution in [0.3, 0.4) is 0 Å². The molecule has 0 aliphatic carbocycles. The van der Waals surface area contributed by atoms with Gasteiger partial charge in [-0.1, -0.05) is 29.5 Å². The van der Waals surface area contributed by atoms with Crippen molar-refractivity contribution in [2.75, 3.05) is 0 Å². The number of aromatic amines is 1. The van der Waals surface area contributed by atoms with E-state index in [-0.39, 0.29) is 10.6 Å². The molecule has 0 radical (unpaired) electrons. The summed E-state index contributed by atoms with van der Waals surface area (Å²) < 4.78 is 59.0. The highest BCUT2D eigenvalue weighted by Crippen LogP contribution is 2.45. The number of ether oxygens (including phenoxy) is 1. The molecule has 0 unspecified atom stereocenters. The number of fused-ring (bicyclic) bond motifs is 3. The smallest absolute Gasteiger partial charge is 0.416 e. The van der Waals surface area contributed by atoms with E-state index in [9.17, 15) is 17.6 Å². The van der Waals surface area contributed by atoms with Crippen molar-refractivity contribution in [2.45, 2.75) is 25.6 Å². The first kappa shape index (κ1) is 23.0. The predicted octanol–water partition coefficient (Wildman–Crippen LogP) is 7.58. The van der Waals surface area contributed by atoms with Gasteiger partial charge in [0, 0.05) is 16.7 Å². The molecule has 3 nitrogen and oxygen atoms in total.